The lowest BCUT2D eigenvalue weighted by Gasteiger charge is -2.27. The minimum Gasteiger partial charge on any atom is -0.326 e. The molecule has 3 rings (SSSR count). The van der Waals surface area contributed by atoms with E-state index in [1.807, 2.05) is 6.92 Å². The smallest absolute Gasteiger partial charge is 0.227 e. The van der Waals surface area contributed by atoms with Gasteiger partial charge in [-0.05, 0) is 57.0 Å². The summed E-state index contributed by atoms with van der Waals surface area (Å²) < 4.78 is 15.8. The number of carbonyl (C=O) groups excluding carboxylic acids is 1. The molecule has 0 bridgehead atoms. The standard InChI is InChI=1S/C17H21FN4O/c1-11-9-20-22(10-11)16-4-3-14(8-15(16)18)21-17(23)13-5-6-19-12(2)7-13/h3-4,8-10,12-13,19H,5-7H2,1-2H3,(H,21,23)/t12-,13-/m0/s1. The maximum Gasteiger partial charge on any atom is 0.227 e. The van der Waals surface area contributed by atoms with Gasteiger partial charge in [0.25, 0.3) is 0 Å². The van der Waals surface area contributed by atoms with Crippen molar-refractivity contribution in [2.45, 2.75) is 32.7 Å². The molecule has 1 amide bonds. The Kier molecular flexibility index (Phi) is 4.43. The molecular formula is C17H21FN4O. The third-order valence-electron chi connectivity index (χ3n) is 4.17. The van der Waals surface area contributed by atoms with Crippen molar-refractivity contribution in [1.29, 1.82) is 0 Å². The van der Waals surface area contributed by atoms with Crippen LogP contribution in [0.2, 0.25) is 0 Å². The van der Waals surface area contributed by atoms with E-state index in [4.69, 9.17) is 0 Å². The molecule has 5 nitrogen and oxygen atoms in total. The first-order valence-corrected chi connectivity index (χ1v) is 7.88. The first-order valence-electron chi connectivity index (χ1n) is 7.88. The Morgan fingerprint density at radius 3 is 2.96 bits per heavy atom. The van der Waals surface area contributed by atoms with E-state index in [1.54, 1.807) is 24.5 Å². The predicted octanol–water partition coefficient (Wildman–Crippen LogP) is 2.65. The quantitative estimate of drug-likeness (QED) is 0.915. The minimum absolute atomic E-state index is 0.0252. The molecule has 1 aliphatic rings. The monoisotopic (exact) mass is 316 g/mol. The highest BCUT2D eigenvalue weighted by molar-refractivity contribution is 5.92. The van der Waals surface area contributed by atoms with Gasteiger partial charge in [-0.3, -0.25) is 4.79 Å². The van der Waals surface area contributed by atoms with E-state index in [1.165, 1.54) is 10.7 Å². The van der Waals surface area contributed by atoms with Crippen molar-refractivity contribution >= 4 is 11.6 Å². The third-order valence-corrected chi connectivity index (χ3v) is 4.17. The average molecular weight is 316 g/mol. The first-order chi connectivity index (χ1) is 11.0. The Hall–Kier alpha value is -2.21. The van der Waals surface area contributed by atoms with E-state index >= 15 is 0 Å². The molecule has 0 radical (unpaired) electrons. The fraction of sp³-hybridized carbons (Fsp3) is 0.412. The van der Waals surface area contributed by atoms with Crippen LogP contribution in [-0.2, 0) is 4.79 Å². The Morgan fingerprint density at radius 1 is 1.48 bits per heavy atom. The highest BCUT2D eigenvalue weighted by atomic mass is 19.1. The molecule has 6 heteroatoms. The summed E-state index contributed by atoms with van der Waals surface area (Å²) in [6.45, 7) is 4.81. The summed E-state index contributed by atoms with van der Waals surface area (Å²) in [7, 11) is 0. The second-order valence-electron chi connectivity index (χ2n) is 6.19. The number of carbonyl (C=O) groups is 1. The Labute approximate surface area is 134 Å². The zero-order valence-electron chi connectivity index (χ0n) is 13.3. The molecule has 1 aliphatic heterocycles. The highest BCUT2D eigenvalue weighted by Gasteiger charge is 2.24. The van der Waals surface area contributed by atoms with Gasteiger partial charge in [0, 0.05) is 23.8 Å². The largest absolute Gasteiger partial charge is 0.326 e. The van der Waals surface area contributed by atoms with Crippen LogP contribution in [0.15, 0.2) is 30.6 Å². The molecule has 0 saturated carbocycles. The summed E-state index contributed by atoms with van der Waals surface area (Å²) in [5, 5.41) is 10.2. The zero-order valence-corrected chi connectivity index (χ0v) is 13.3. The molecule has 1 saturated heterocycles. The number of hydrogen-bond acceptors (Lipinski definition) is 3. The lowest BCUT2D eigenvalue weighted by atomic mass is 9.92. The number of nitrogens with zero attached hydrogens (tertiary/aromatic N) is 2. The number of benzene rings is 1. The van der Waals surface area contributed by atoms with Crippen LogP contribution in [0.5, 0.6) is 0 Å². The number of aromatic nitrogens is 2. The molecule has 122 valence electrons. The van der Waals surface area contributed by atoms with E-state index in [9.17, 15) is 9.18 Å². The molecule has 1 aromatic heterocycles. The summed E-state index contributed by atoms with van der Waals surface area (Å²) in [5.41, 5.74) is 1.81. The van der Waals surface area contributed by atoms with Gasteiger partial charge in [0.2, 0.25) is 5.91 Å². The molecule has 2 heterocycles. The molecule has 1 fully saturated rings. The minimum atomic E-state index is -0.412. The maximum absolute atomic E-state index is 14.3. The molecule has 2 atom stereocenters. The van der Waals surface area contributed by atoms with Crippen molar-refractivity contribution in [1.82, 2.24) is 15.1 Å². The van der Waals surface area contributed by atoms with E-state index in [0.29, 0.717) is 17.4 Å². The molecule has 23 heavy (non-hydrogen) atoms. The van der Waals surface area contributed by atoms with Crippen LogP contribution >= 0.6 is 0 Å². The van der Waals surface area contributed by atoms with Crippen molar-refractivity contribution in [2.24, 2.45) is 5.92 Å². The summed E-state index contributed by atoms with van der Waals surface area (Å²) >= 11 is 0. The number of rotatable bonds is 3. The van der Waals surface area contributed by atoms with Crippen molar-refractivity contribution in [2.75, 3.05) is 11.9 Å². The topological polar surface area (TPSA) is 59.0 Å². The lowest BCUT2D eigenvalue weighted by molar-refractivity contribution is -0.120. The van der Waals surface area contributed by atoms with Gasteiger partial charge in [0.05, 0.1) is 6.20 Å². The Morgan fingerprint density at radius 2 is 2.30 bits per heavy atom. The predicted molar refractivity (Wildman–Crippen MR) is 87.1 cm³/mol. The fourth-order valence-corrected chi connectivity index (χ4v) is 2.93. The van der Waals surface area contributed by atoms with Crippen LogP contribution in [0.4, 0.5) is 10.1 Å². The summed E-state index contributed by atoms with van der Waals surface area (Å²) in [4.78, 5) is 12.3. The number of piperidine rings is 1. The van der Waals surface area contributed by atoms with Crippen molar-refractivity contribution in [3.05, 3.63) is 42.0 Å². The van der Waals surface area contributed by atoms with Crippen molar-refractivity contribution in [3.63, 3.8) is 0 Å². The highest BCUT2D eigenvalue weighted by Crippen LogP contribution is 2.21. The second-order valence-corrected chi connectivity index (χ2v) is 6.19. The van der Waals surface area contributed by atoms with Crippen LogP contribution in [-0.4, -0.2) is 28.3 Å². The molecule has 2 aromatic rings. The summed E-state index contributed by atoms with van der Waals surface area (Å²) in [6, 6.07) is 5.01. The maximum atomic E-state index is 14.3. The van der Waals surface area contributed by atoms with Gasteiger partial charge < -0.3 is 10.6 Å². The van der Waals surface area contributed by atoms with Gasteiger partial charge >= 0.3 is 0 Å². The summed E-state index contributed by atoms with van der Waals surface area (Å²) in [6.07, 6.45) is 5.04. The lowest BCUT2D eigenvalue weighted by Crippen LogP contribution is -2.40. The molecule has 0 unspecified atom stereocenters. The van der Waals surface area contributed by atoms with Crippen molar-refractivity contribution in [3.8, 4) is 5.69 Å². The SMILES string of the molecule is Cc1cnn(-c2ccc(NC(=O)[C@H]3CCN[C@@H](C)C3)cc2F)c1. The van der Waals surface area contributed by atoms with Crippen molar-refractivity contribution < 1.29 is 9.18 Å². The molecule has 1 aromatic carbocycles. The number of halogens is 1. The third kappa shape index (κ3) is 3.59. The van der Waals surface area contributed by atoms with Gasteiger partial charge in [0.15, 0.2) is 5.82 Å². The first kappa shape index (κ1) is 15.7. The number of hydrogen-bond donors (Lipinski definition) is 2. The van der Waals surface area contributed by atoms with Crippen LogP contribution in [0.3, 0.4) is 0 Å². The normalized spacial score (nSPS) is 21.2. The Bertz CT molecular complexity index is 712. The van der Waals surface area contributed by atoms with Gasteiger partial charge in [-0.25, -0.2) is 9.07 Å². The zero-order chi connectivity index (χ0) is 16.4. The number of amides is 1. The molecular weight excluding hydrogens is 295 g/mol. The van der Waals surface area contributed by atoms with Gasteiger partial charge in [-0.2, -0.15) is 5.10 Å². The van der Waals surface area contributed by atoms with Gasteiger partial charge in [0.1, 0.15) is 5.69 Å². The fourth-order valence-electron chi connectivity index (χ4n) is 2.93. The number of anilines is 1. The van der Waals surface area contributed by atoms with Gasteiger partial charge in [-0.15, -0.1) is 0 Å². The number of nitrogens with one attached hydrogen (secondary N) is 2. The van der Waals surface area contributed by atoms with E-state index < -0.39 is 5.82 Å². The van der Waals surface area contributed by atoms with Crippen LogP contribution in [0, 0.1) is 18.7 Å². The van der Waals surface area contributed by atoms with E-state index in [-0.39, 0.29) is 11.8 Å². The van der Waals surface area contributed by atoms with E-state index in [0.717, 1.165) is 24.9 Å². The van der Waals surface area contributed by atoms with Crippen LogP contribution in [0.1, 0.15) is 25.3 Å². The number of aryl methyl sites for hydroxylation is 1. The Balaban J connectivity index is 1.71. The van der Waals surface area contributed by atoms with Crippen LogP contribution < -0.4 is 10.6 Å². The van der Waals surface area contributed by atoms with Gasteiger partial charge in [-0.1, -0.05) is 0 Å². The molecule has 0 spiro atoms. The second kappa shape index (κ2) is 6.50. The molecule has 2 N–H and O–H groups in total. The van der Waals surface area contributed by atoms with E-state index in [2.05, 4.69) is 22.7 Å². The average Bonchev–Trinajstić information content (AvgIpc) is 2.93. The molecule has 0 aliphatic carbocycles. The van der Waals surface area contributed by atoms with Crippen LogP contribution in [0.25, 0.3) is 5.69 Å². The summed E-state index contributed by atoms with van der Waals surface area (Å²) in [5.74, 6) is -0.479.